The van der Waals surface area contributed by atoms with Crippen LogP contribution in [0, 0.1) is 0 Å². The molecule has 1 aliphatic rings. The van der Waals surface area contributed by atoms with Gasteiger partial charge in [-0.2, -0.15) is 0 Å². The second-order valence-electron chi connectivity index (χ2n) is 10.6. The van der Waals surface area contributed by atoms with Gasteiger partial charge in [-0.25, -0.2) is 0 Å². The van der Waals surface area contributed by atoms with Crippen molar-refractivity contribution in [3.8, 4) is 17.2 Å². The monoisotopic (exact) mass is 589 g/mol. The zero-order chi connectivity index (χ0) is 30.3. The summed E-state index contributed by atoms with van der Waals surface area (Å²) in [6.45, 7) is 6.22. The number of anilines is 2. The Kier molecular flexibility index (Phi) is 12.5. The van der Waals surface area contributed by atoms with Gasteiger partial charge in [0.25, 0.3) is 5.91 Å². The van der Waals surface area contributed by atoms with E-state index in [4.69, 9.17) is 19.3 Å². The summed E-state index contributed by atoms with van der Waals surface area (Å²) in [5.74, 6) is 1.07. The number of hydrogen-bond donors (Lipinski definition) is 2. The summed E-state index contributed by atoms with van der Waals surface area (Å²) in [4.78, 5) is 28.4. The van der Waals surface area contributed by atoms with E-state index in [0.29, 0.717) is 30.0 Å². The van der Waals surface area contributed by atoms with Crippen LogP contribution in [0.2, 0.25) is 0 Å². The fourth-order valence-corrected chi connectivity index (χ4v) is 5.08. The minimum absolute atomic E-state index is 0.0352. The molecule has 1 aliphatic heterocycles. The van der Waals surface area contributed by atoms with Crippen LogP contribution < -0.4 is 24.4 Å². The maximum Gasteiger partial charge on any atom is 0.303 e. The molecule has 0 aliphatic carbocycles. The van der Waals surface area contributed by atoms with E-state index in [2.05, 4.69) is 27.2 Å². The number of hydrogen-bond acceptors (Lipinski definition) is 7. The molecule has 0 aromatic heterocycles. The van der Waals surface area contributed by atoms with E-state index < -0.39 is 5.97 Å². The average Bonchev–Trinajstić information content (AvgIpc) is 3.04. The summed E-state index contributed by atoms with van der Waals surface area (Å²) in [7, 11) is 1.73. The Morgan fingerprint density at radius 1 is 0.767 bits per heavy atom. The van der Waals surface area contributed by atoms with E-state index in [-0.39, 0.29) is 18.9 Å². The number of methoxy groups -OCH3 is 1. The summed E-state index contributed by atoms with van der Waals surface area (Å²) in [6, 6.07) is 22.5. The summed E-state index contributed by atoms with van der Waals surface area (Å²) in [5, 5.41) is 11.7. The van der Waals surface area contributed by atoms with E-state index in [0.717, 1.165) is 57.1 Å². The molecular weight excluding hydrogens is 546 g/mol. The van der Waals surface area contributed by atoms with Crippen LogP contribution >= 0.6 is 0 Å². The van der Waals surface area contributed by atoms with Crippen LogP contribution in [0.25, 0.3) is 0 Å². The summed E-state index contributed by atoms with van der Waals surface area (Å²) in [6.07, 6.45) is 4.91. The molecular formula is C34H43N3O6. The molecule has 9 nitrogen and oxygen atoms in total. The van der Waals surface area contributed by atoms with Crippen LogP contribution in [-0.4, -0.2) is 74.9 Å². The molecule has 43 heavy (non-hydrogen) atoms. The van der Waals surface area contributed by atoms with Gasteiger partial charge in [0.2, 0.25) is 0 Å². The van der Waals surface area contributed by atoms with Gasteiger partial charge in [0.1, 0.15) is 17.2 Å². The first-order valence-corrected chi connectivity index (χ1v) is 15.1. The number of piperazine rings is 1. The molecule has 1 heterocycles. The number of carboxylic acids is 1. The number of carbonyl (C=O) groups excluding carboxylic acids is 1. The third-order valence-electron chi connectivity index (χ3n) is 7.48. The normalized spacial score (nSPS) is 13.4. The van der Waals surface area contributed by atoms with Crippen molar-refractivity contribution in [2.75, 3.05) is 63.3 Å². The summed E-state index contributed by atoms with van der Waals surface area (Å²) < 4.78 is 17.1. The van der Waals surface area contributed by atoms with Gasteiger partial charge in [0, 0.05) is 38.2 Å². The number of benzene rings is 3. The highest BCUT2D eigenvalue weighted by Crippen LogP contribution is 2.28. The third-order valence-corrected chi connectivity index (χ3v) is 7.48. The van der Waals surface area contributed by atoms with Crippen molar-refractivity contribution in [3.63, 3.8) is 0 Å². The van der Waals surface area contributed by atoms with Crippen molar-refractivity contribution in [2.24, 2.45) is 0 Å². The van der Waals surface area contributed by atoms with Crippen LogP contribution in [-0.2, 0) is 4.79 Å². The van der Waals surface area contributed by atoms with Gasteiger partial charge < -0.3 is 29.5 Å². The van der Waals surface area contributed by atoms with Crippen molar-refractivity contribution < 1.29 is 28.9 Å². The third kappa shape index (κ3) is 10.2. The summed E-state index contributed by atoms with van der Waals surface area (Å²) >= 11 is 0. The number of ether oxygens (including phenoxy) is 3. The number of aliphatic carboxylic acids is 1. The smallest absolute Gasteiger partial charge is 0.303 e. The van der Waals surface area contributed by atoms with Gasteiger partial charge in [-0.05, 0) is 74.3 Å². The number of para-hydroxylation sites is 4. The lowest BCUT2D eigenvalue weighted by Gasteiger charge is -2.36. The van der Waals surface area contributed by atoms with Crippen molar-refractivity contribution in [1.29, 1.82) is 0 Å². The Hall–Kier alpha value is -4.24. The van der Waals surface area contributed by atoms with E-state index in [1.807, 2.05) is 30.3 Å². The maximum atomic E-state index is 12.8. The standard InChI is InChI=1S/C34H43N3O6/c1-41-32-14-7-5-12-30(32)37-23-21-36(22-24-37)20-8-2-3-9-25-42-28-18-16-27(17-19-28)34(40)35-29-11-4-6-13-31(29)43-26-10-15-33(38)39/h4-7,11-14,16-19H,2-3,8-10,15,20-26H2,1H3,(H,35,40)(H,38,39). The molecule has 0 unspecified atom stereocenters. The number of rotatable bonds is 17. The van der Waals surface area contributed by atoms with E-state index in [9.17, 15) is 9.59 Å². The van der Waals surface area contributed by atoms with E-state index in [1.165, 1.54) is 18.5 Å². The number of unbranched alkanes of at least 4 members (excludes halogenated alkanes) is 3. The highest BCUT2D eigenvalue weighted by Gasteiger charge is 2.19. The maximum absolute atomic E-state index is 12.8. The van der Waals surface area contributed by atoms with Crippen molar-refractivity contribution in [2.45, 2.75) is 38.5 Å². The van der Waals surface area contributed by atoms with Crippen molar-refractivity contribution >= 4 is 23.3 Å². The molecule has 2 N–H and O–H groups in total. The van der Waals surface area contributed by atoms with Crippen LogP contribution in [0.1, 0.15) is 48.9 Å². The second-order valence-corrected chi connectivity index (χ2v) is 10.6. The lowest BCUT2D eigenvalue weighted by molar-refractivity contribution is -0.137. The second kappa shape index (κ2) is 17.0. The number of carboxylic acid groups (broad SMARTS) is 1. The Bertz CT molecular complexity index is 1290. The van der Waals surface area contributed by atoms with Gasteiger partial charge in [-0.1, -0.05) is 37.1 Å². The van der Waals surface area contributed by atoms with Crippen LogP contribution in [0.4, 0.5) is 11.4 Å². The quantitative estimate of drug-likeness (QED) is 0.186. The van der Waals surface area contributed by atoms with Gasteiger partial charge in [0.15, 0.2) is 0 Å². The van der Waals surface area contributed by atoms with Gasteiger partial charge >= 0.3 is 5.97 Å². The lowest BCUT2D eigenvalue weighted by Crippen LogP contribution is -2.46. The van der Waals surface area contributed by atoms with Crippen LogP contribution in [0.5, 0.6) is 17.2 Å². The molecule has 0 saturated carbocycles. The highest BCUT2D eigenvalue weighted by molar-refractivity contribution is 6.05. The van der Waals surface area contributed by atoms with E-state index in [1.54, 1.807) is 37.4 Å². The molecule has 1 saturated heterocycles. The molecule has 3 aromatic rings. The molecule has 4 rings (SSSR count). The largest absolute Gasteiger partial charge is 0.495 e. The molecule has 1 fully saturated rings. The molecule has 0 atom stereocenters. The van der Waals surface area contributed by atoms with Gasteiger partial charge in [-0.15, -0.1) is 0 Å². The Morgan fingerprint density at radius 2 is 1.44 bits per heavy atom. The van der Waals surface area contributed by atoms with Crippen molar-refractivity contribution in [1.82, 2.24) is 4.90 Å². The van der Waals surface area contributed by atoms with E-state index >= 15 is 0 Å². The molecule has 0 radical (unpaired) electrons. The predicted octanol–water partition coefficient (Wildman–Crippen LogP) is 5.95. The van der Waals surface area contributed by atoms with Crippen LogP contribution in [0.15, 0.2) is 72.8 Å². The first-order valence-electron chi connectivity index (χ1n) is 15.1. The minimum atomic E-state index is -0.861. The van der Waals surface area contributed by atoms with Gasteiger partial charge in [-0.3, -0.25) is 14.5 Å². The number of nitrogens with zero attached hydrogens (tertiary/aromatic N) is 2. The highest BCUT2D eigenvalue weighted by atomic mass is 16.5. The Labute approximate surface area is 254 Å². The molecule has 3 aromatic carbocycles. The molecule has 9 heteroatoms. The van der Waals surface area contributed by atoms with Crippen LogP contribution in [0.3, 0.4) is 0 Å². The predicted molar refractivity (Wildman–Crippen MR) is 169 cm³/mol. The van der Waals surface area contributed by atoms with Gasteiger partial charge in [0.05, 0.1) is 31.7 Å². The molecule has 230 valence electrons. The number of amides is 1. The Balaban J connectivity index is 1.08. The SMILES string of the molecule is COc1ccccc1N1CCN(CCCCCCOc2ccc(C(=O)Nc3ccccc3OCCCC(=O)O)cc2)CC1. The number of carbonyl (C=O) groups is 2. The topological polar surface area (TPSA) is 101 Å². The lowest BCUT2D eigenvalue weighted by atomic mass is 10.1. The first-order chi connectivity index (χ1) is 21.0. The fourth-order valence-electron chi connectivity index (χ4n) is 5.08. The average molecular weight is 590 g/mol. The first kappa shape index (κ1) is 31.7. The zero-order valence-corrected chi connectivity index (χ0v) is 25.0. The molecule has 0 bridgehead atoms. The summed E-state index contributed by atoms with van der Waals surface area (Å²) in [5.41, 5.74) is 2.23. The zero-order valence-electron chi connectivity index (χ0n) is 25.0. The Morgan fingerprint density at radius 3 is 2.19 bits per heavy atom. The number of nitrogens with one attached hydrogen (secondary N) is 1. The van der Waals surface area contributed by atoms with Crippen molar-refractivity contribution in [3.05, 3.63) is 78.4 Å². The molecule has 1 amide bonds. The molecule has 0 spiro atoms. The fraction of sp³-hybridized carbons (Fsp3) is 0.412. The minimum Gasteiger partial charge on any atom is -0.495 e.